The molecule has 1 N–H and O–H groups in total. The highest BCUT2D eigenvalue weighted by molar-refractivity contribution is 5.66. The number of hydrogen-bond donors (Lipinski definition) is 1. The first-order chi connectivity index (χ1) is 31.4. The monoisotopic (exact) mass is 874 g/mol. The SMILES string of the molecule is C=CCO[C@H]1[C@@H](OC(C)=O)[C@@H](COCc2ccccc2)O[C@@H](O[C@H]2[C@H](OCc3ccccc3)[C@@H](OCc3ccccc3)[C@H](O)O[C@@H]2COCc2ccccc2)[C@@H]1OCc1ccccc1. The second-order valence-corrected chi connectivity index (χ2v) is 15.7. The number of hydrogen-bond acceptors (Lipinski definition) is 12. The van der Waals surface area contributed by atoms with E-state index in [1.165, 1.54) is 6.92 Å². The van der Waals surface area contributed by atoms with Gasteiger partial charge in [-0.2, -0.15) is 0 Å². The Morgan fingerprint density at radius 1 is 0.516 bits per heavy atom. The van der Waals surface area contributed by atoms with Crippen LogP contribution in [-0.2, 0) is 85.2 Å². The van der Waals surface area contributed by atoms with Crippen LogP contribution in [0.25, 0.3) is 0 Å². The molecule has 2 heterocycles. The highest BCUT2D eigenvalue weighted by Crippen LogP contribution is 2.36. The molecule has 0 radical (unpaired) electrons. The summed E-state index contributed by atoms with van der Waals surface area (Å²) < 4.78 is 65.4. The Morgan fingerprint density at radius 3 is 1.34 bits per heavy atom. The normalized spacial score (nSPS) is 25.7. The van der Waals surface area contributed by atoms with Crippen LogP contribution in [0.1, 0.15) is 34.7 Å². The van der Waals surface area contributed by atoms with E-state index in [4.69, 9.17) is 47.4 Å². The molecule has 2 fully saturated rings. The lowest BCUT2D eigenvalue weighted by Crippen LogP contribution is -2.66. The number of rotatable bonds is 23. The van der Waals surface area contributed by atoms with Crippen LogP contribution >= 0.6 is 0 Å². The van der Waals surface area contributed by atoms with Crippen LogP contribution in [0.5, 0.6) is 0 Å². The third-order valence-electron chi connectivity index (χ3n) is 10.8. The lowest BCUT2D eigenvalue weighted by molar-refractivity contribution is -0.371. The van der Waals surface area contributed by atoms with Crippen LogP contribution in [0.4, 0.5) is 0 Å². The minimum absolute atomic E-state index is 0.00552. The van der Waals surface area contributed by atoms with E-state index in [-0.39, 0.29) is 52.9 Å². The van der Waals surface area contributed by atoms with Gasteiger partial charge in [-0.05, 0) is 27.8 Å². The van der Waals surface area contributed by atoms with Crippen LogP contribution < -0.4 is 0 Å². The Morgan fingerprint density at radius 2 is 0.906 bits per heavy atom. The van der Waals surface area contributed by atoms with E-state index in [9.17, 15) is 9.90 Å². The smallest absolute Gasteiger partial charge is 0.303 e. The summed E-state index contributed by atoms with van der Waals surface area (Å²) in [5.41, 5.74) is 4.59. The molecule has 338 valence electrons. The van der Waals surface area contributed by atoms with Gasteiger partial charge in [0.25, 0.3) is 0 Å². The lowest BCUT2D eigenvalue weighted by atomic mass is 9.96. The molecule has 0 amide bonds. The summed E-state index contributed by atoms with van der Waals surface area (Å²) in [5.74, 6) is -0.534. The van der Waals surface area contributed by atoms with Gasteiger partial charge in [-0.3, -0.25) is 4.79 Å². The Balaban J connectivity index is 1.25. The molecule has 2 aliphatic heterocycles. The number of benzene rings is 5. The Kier molecular flexibility index (Phi) is 18.2. The second kappa shape index (κ2) is 24.8. The molecule has 0 bridgehead atoms. The van der Waals surface area contributed by atoms with Crippen molar-refractivity contribution in [2.45, 2.75) is 101 Å². The van der Waals surface area contributed by atoms with Gasteiger partial charge in [-0.25, -0.2) is 0 Å². The number of esters is 1. The minimum Gasteiger partial charge on any atom is -0.457 e. The van der Waals surface area contributed by atoms with E-state index in [2.05, 4.69) is 6.58 Å². The number of aliphatic hydroxyl groups is 1. The zero-order valence-corrected chi connectivity index (χ0v) is 36.1. The molecule has 10 atom stereocenters. The Bertz CT molecular complexity index is 2080. The molecule has 5 aromatic carbocycles. The minimum atomic E-state index is -1.43. The van der Waals surface area contributed by atoms with Gasteiger partial charge >= 0.3 is 5.97 Å². The highest BCUT2D eigenvalue weighted by Gasteiger charge is 2.54. The average Bonchev–Trinajstić information content (AvgIpc) is 3.32. The van der Waals surface area contributed by atoms with Crippen molar-refractivity contribution in [2.75, 3.05) is 19.8 Å². The third-order valence-corrected chi connectivity index (χ3v) is 10.8. The van der Waals surface area contributed by atoms with Crippen molar-refractivity contribution >= 4 is 5.97 Å². The fourth-order valence-electron chi connectivity index (χ4n) is 7.75. The number of ether oxygens (including phenoxy) is 10. The van der Waals surface area contributed by atoms with Gasteiger partial charge in [0.15, 0.2) is 18.7 Å². The van der Waals surface area contributed by atoms with Crippen LogP contribution in [-0.4, -0.2) is 92.3 Å². The fraction of sp³-hybridized carbons (Fsp3) is 0.365. The standard InChI is InChI=1S/C52H58O12/c1-3-29-57-48-45(61-37(2)53)44(36-56-31-39-21-11-5-12-22-39)63-52(50(48)60-34-42-27-17-8-18-28-42)64-46-43(35-55-30-38-19-9-4-10-20-38)62-51(54)49(59-33-41-25-15-7-16-26-41)47(46)58-32-40-23-13-6-14-24-40/h3-28,43-52,54H,1,29-36H2,2H3/t43-,44-,45+,46-,47+,48+,49-,50-,51-,52+/m1/s1. The van der Waals surface area contributed by atoms with E-state index in [1.807, 2.05) is 152 Å². The molecule has 2 aliphatic rings. The van der Waals surface area contributed by atoms with E-state index in [0.29, 0.717) is 0 Å². The van der Waals surface area contributed by atoms with Gasteiger partial charge in [-0.1, -0.05) is 158 Å². The summed E-state index contributed by atoms with van der Waals surface area (Å²) in [5, 5.41) is 11.8. The first-order valence-electron chi connectivity index (χ1n) is 21.7. The van der Waals surface area contributed by atoms with Crippen LogP contribution in [0, 0.1) is 0 Å². The van der Waals surface area contributed by atoms with E-state index in [0.717, 1.165) is 27.8 Å². The number of aliphatic hydroxyl groups excluding tert-OH is 1. The first kappa shape index (κ1) is 46.9. The molecule has 12 heteroatoms. The summed E-state index contributed by atoms with van der Waals surface area (Å²) in [7, 11) is 0. The van der Waals surface area contributed by atoms with Crippen molar-refractivity contribution in [1.82, 2.24) is 0 Å². The maximum atomic E-state index is 12.8. The Labute approximate surface area is 375 Å². The maximum Gasteiger partial charge on any atom is 0.303 e. The van der Waals surface area contributed by atoms with Gasteiger partial charge < -0.3 is 52.5 Å². The first-order valence-corrected chi connectivity index (χ1v) is 21.7. The molecule has 0 aromatic heterocycles. The van der Waals surface area contributed by atoms with Crippen molar-refractivity contribution in [3.63, 3.8) is 0 Å². The summed E-state index contributed by atoms with van der Waals surface area (Å²) in [6, 6.07) is 48.5. The van der Waals surface area contributed by atoms with E-state index >= 15 is 0 Å². The molecule has 0 unspecified atom stereocenters. The molecule has 0 spiro atoms. The quantitative estimate of drug-likeness (QED) is 0.0516. The van der Waals surface area contributed by atoms with Gasteiger partial charge in [0.1, 0.15) is 42.7 Å². The molecule has 5 aromatic rings. The van der Waals surface area contributed by atoms with Crippen molar-refractivity contribution in [2.24, 2.45) is 0 Å². The molecular weight excluding hydrogens is 817 g/mol. The predicted octanol–water partition coefficient (Wildman–Crippen LogP) is 7.51. The maximum absolute atomic E-state index is 12.8. The van der Waals surface area contributed by atoms with Gasteiger partial charge in [0, 0.05) is 6.92 Å². The topological polar surface area (TPSA) is 130 Å². The average molecular weight is 875 g/mol. The second-order valence-electron chi connectivity index (χ2n) is 15.7. The van der Waals surface area contributed by atoms with E-state index < -0.39 is 67.4 Å². The van der Waals surface area contributed by atoms with Crippen molar-refractivity contribution in [3.05, 3.63) is 192 Å². The molecular formula is C52H58O12. The van der Waals surface area contributed by atoms with Gasteiger partial charge in [0.05, 0.1) is 52.9 Å². The summed E-state index contributed by atoms with van der Waals surface area (Å²) in [6.07, 6.45) is -8.66. The summed E-state index contributed by atoms with van der Waals surface area (Å²) in [4.78, 5) is 12.8. The van der Waals surface area contributed by atoms with Gasteiger partial charge in [0.2, 0.25) is 0 Å². The Hall–Kier alpha value is -5.09. The number of carbonyl (C=O) groups excluding carboxylic acids is 1. The fourth-order valence-corrected chi connectivity index (χ4v) is 7.75. The predicted molar refractivity (Wildman–Crippen MR) is 237 cm³/mol. The molecule has 64 heavy (non-hydrogen) atoms. The molecule has 0 aliphatic carbocycles. The van der Waals surface area contributed by atoms with Crippen LogP contribution in [0.15, 0.2) is 164 Å². The van der Waals surface area contributed by atoms with E-state index in [1.54, 1.807) is 6.08 Å². The third kappa shape index (κ3) is 13.7. The van der Waals surface area contributed by atoms with Crippen molar-refractivity contribution in [1.29, 1.82) is 0 Å². The molecule has 2 saturated heterocycles. The van der Waals surface area contributed by atoms with Crippen molar-refractivity contribution in [3.8, 4) is 0 Å². The largest absolute Gasteiger partial charge is 0.457 e. The zero-order chi connectivity index (χ0) is 44.4. The van der Waals surface area contributed by atoms with Crippen LogP contribution in [0.2, 0.25) is 0 Å². The molecule has 7 rings (SSSR count). The highest BCUT2D eigenvalue weighted by atomic mass is 16.8. The molecule has 12 nitrogen and oxygen atoms in total. The van der Waals surface area contributed by atoms with Crippen molar-refractivity contribution < 1.29 is 57.3 Å². The van der Waals surface area contributed by atoms with Gasteiger partial charge in [-0.15, -0.1) is 6.58 Å². The lowest BCUT2D eigenvalue weighted by Gasteiger charge is -2.49. The summed E-state index contributed by atoms with van der Waals surface area (Å²) >= 11 is 0. The summed E-state index contributed by atoms with van der Waals surface area (Å²) in [6.45, 7) is 6.35. The molecule has 0 saturated carbocycles. The number of carbonyl (C=O) groups is 1. The zero-order valence-electron chi connectivity index (χ0n) is 36.1. The van der Waals surface area contributed by atoms with Crippen LogP contribution in [0.3, 0.4) is 0 Å².